The van der Waals surface area contributed by atoms with E-state index in [2.05, 4.69) is 10.6 Å². The van der Waals surface area contributed by atoms with Crippen molar-refractivity contribution < 1.29 is 14.0 Å². The molecule has 0 saturated heterocycles. The minimum absolute atomic E-state index is 0.0256. The summed E-state index contributed by atoms with van der Waals surface area (Å²) in [6.07, 6.45) is 0. The SMILES string of the molecule is Cc1cccc(C(=O)NCC(=O)Nc2cccc(Cl)c2F)c1. The van der Waals surface area contributed by atoms with E-state index >= 15 is 0 Å². The van der Waals surface area contributed by atoms with Crippen molar-refractivity contribution in [3.63, 3.8) is 0 Å². The number of carbonyl (C=O) groups is 2. The smallest absolute Gasteiger partial charge is 0.251 e. The van der Waals surface area contributed by atoms with Crippen LogP contribution >= 0.6 is 11.6 Å². The lowest BCUT2D eigenvalue weighted by molar-refractivity contribution is -0.115. The Morgan fingerprint density at radius 1 is 1.18 bits per heavy atom. The molecule has 0 unspecified atom stereocenters. The molecule has 114 valence electrons. The number of hydrogen-bond acceptors (Lipinski definition) is 2. The fourth-order valence-electron chi connectivity index (χ4n) is 1.84. The summed E-state index contributed by atoms with van der Waals surface area (Å²) in [5.41, 5.74) is 1.38. The molecular weight excluding hydrogens is 307 g/mol. The fraction of sp³-hybridized carbons (Fsp3) is 0.125. The highest BCUT2D eigenvalue weighted by Gasteiger charge is 2.11. The summed E-state index contributed by atoms with van der Waals surface area (Å²) in [5.74, 6) is -1.62. The Balaban J connectivity index is 1.93. The summed E-state index contributed by atoms with van der Waals surface area (Å²) < 4.78 is 13.6. The van der Waals surface area contributed by atoms with E-state index in [0.717, 1.165) is 5.56 Å². The van der Waals surface area contributed by atoms with E-state index in [0.29, 0.717) is 5.56 Å². The van der Waals surface area contributed by atoms with Crippen molar-refractivity contribution >= 4 is 29.1 Å². The second kappa shape index (κ2) is 7.04. The van der Waals surface area contributed by atoms with Gasteiger partial charge in [0.15, 0.2) is 5.82 Å². The first-order valence-corrected chi connectivity index (χ1v) is 6.94. The summed E-state index contributed by atoms with van der Waals surface area (Å²) in [6.45, 7) is 1.60. The lowest BCUT2D eigenvalue weighted by Crippen LogP contribution is -2.33. The van der Waals surface area contributed by atoms with Crippen LogP contribution in [0.3, 0.4) is 0 Å². The van der Waals surface area contributed by atoms with Gasteiger partial charge in [-0.1, -0.05) is 35.4 Å². The van der Waals surface area contributed by atoms with E-state index in [1.165, 1.54) is 18.2 Å². The van der Waals surface area contributed by atoms with Crippen LogP contribution in [0.15, 0.2) is 42.5 Å². The number of benzene rings is 2. The zero-order valence-electron chi connectivity index (χ0n) is 11.8. The third kappa shape index (κ3) is 4.05. The second-order valence-electron chi connectivity index (χ2n) is 4.70. The molecule has 0 fully saturated rings. The van der Waals surface area contributed by atoms with Crippen LogP contribution < -0.4 is 10.6 Å². The predicted octanol–water partition coefficient (Wildman–Crippen LogP) is 3.16. The molecule has 0 heterocycles. The third-order valence-electron chi connectivity index (χ3n) is 2.92. The Hall–Kier alpha value is -2.40. The van der Waals surface area contributed by atoms with Gasteiger partial charge < -0.3 is 10.6 Å². The van der Waals surface area contributed by atoms with Crippen LogP contribution in [0, 0.1) is 12.7 Å². The fourth-order valence-corrected chi connectivity index (χ4v) is 2.02. The summed E-state index contributed by atoms with van der Waals surface area (Å²) >= 11 is 5.62. The lowest BCUT2D eigenvalue weighted by Gasteiger charge is -2.08. The Bertz CT molecular complexity index is 719. The van der Waals surface area contributed by atoms with Crippen LogP contribution in [-0.4, -0.2) is 18.4 Å². The molecule has 2 rings (SSSR count). The molecule has 2 N–H and O–H groups in total. The molecule has 2 aromatic rings. The Morgan fingerprint density at radius 2 is 1.91 bits per heavy atom. The first-order valence-electron chi connectivity index (χ1n) is 6.56. The average molecular weight is 321 g/mol. The lowest BCUT2D eigenvalue weighted by atomic mass is 10.1. The number of amides is 2. The minimum atomic E-state index is -0.706. The van der Waals surface area contributed by atoms with Gasteiger partial charge in [-0.05, 0) is 31.2 Å². The van der Waals surface area contributed by atoms with Crippen molar-refractivity contribution in [3.8, 4) is 0 Å². The van der Waals surface area contributed by atoms with E-state index in [9.17, 15) is 14.0 Å². The molecule has 4 nitrogen and oxygen atoms in total. The molecule has 22 heavy (non-hydrogen) atoms. The minimum Gasteiger partial charge on any atom is -0.343 e. The Morgan fingerprint density at radius 3 is 2.64 bits per heavy atom. The van der Waals surface area contributed by atoms with Gasteiger partial charge in [0, 0.05) is 5.56 Å². The highest BCUT2D eigenvalue weighted by atomic mass is 35.5. The number of anilines is 1. The Kier molecular flexibility index (Phi) is 5.12. The van der Waals surface area contributed by atoms with Crippen LogP contribution in [0.2, 0.25) is 5.02 Å². The van der Waals surface area contributed by atoms with Crippen LogP contribution in [0.5, 0.6) is 0 Å². The highest BCUT2D eigenvalue weighted by molar-refractivity contribution is 6.31. The maximum atomic E-state index is 13.6. The van der Waals surface area contributed by atoms with Crippen molar-refractivity contribution in [1.82, 2.24) is 5.32 Å². The summed E-state index contributed by atoms with van der Waals surface area (Å²) in [6, 6.07) is 11.3. The van der Waals surface area contributed by atoms with E-state index in [1.807, 2.05) is 13.0 Å². The normalized spacial score (nSPS) is 10.1. The molecule has 0 atom stereocenters. The maximum absolute atomic E-state index is 13.6. The molecule has 0 saturated carbocycles. The number of hydrogen-bond donors (Lipinski definition) is 2. The molecule has 0 aromatic heterocycles. The van der Waals surface area contributed by atoms with Gasteiger partial charge in [-0.15, -0.1) is 0 Å². The zero-order valence-corrected chi connectivity index (χ0v) is 12.6. The summed E-state index contributed by atoms with van der Waals surface area (Å²) in [5, 5.41) is 4.75. The highest BCUT2D eigenvalue weighted by Crippen LogP contribution is 2.21. The van der Waals surface area contributed by atoms with Gasteiger partial charge in [-0.2, -0.15) is 0 Å². The van der Waals surface area contributed by atoms with Crippen molar-refractivity contribution in [1.29, 1.82) is 0 Å². The Labute approximate surface area is 132 Å². The van der Waals surface area contributed by atoms with Crippen LogP contribution in [0.25, 0.3) is 0 Å². The maximum Gasteiger partial charge on any atom is 0.251 e. The number of halogens is 2. The number of aryl methyl sites for hydroxylation is 1. The van der Waals surface area contributed by atoms with E-state index < -0.39 is 11.7 Å². The molecular formula is C16H14ClFN2O2. The molecule has 2 aromatic carbocycles. The molecule has 0 aliphatic carbocycles. The second-order valence-corrected chi connectivity index (χ2v) is 5.11. The standard InChI is InChI=1S/C16H14ClFN2O2/c1-10-4-2-5-11(8-10)16(22)19-9-14(21)20-13-7-3-6-12(17)15(13)18/h2-8H,9H2,1H3,(H,19,22)(H,20,21). The average Bonchev–Trinajstić information content (AvgIpc) is 2.49. The molecule has 6 heteroatoms. The first-order chi connectivity index (χ1) is 10.5. The third-order valence-corrected chi connectivity index (χ3v) is 3.21. The number of carbonyl (C=O) groups excluding carboxylic acids is 2. The first kappa shape index (κ1) is 16.0. The van der Waals surface area contributed by atoms with Gasteiger partial charge in [-0.25, -0.2) is 4.39 Å². The quantitative estimate of drug-likeness (QED) is 0.909. The summed E-state index contributed by atoms with van der Waals surface area (Å²) in [7, 11) is 0. The molecule has 0 aliphatic rings. The molecule has 0 spiro atoms. The van der Waals surface area contributed by atoms with Gasteiger partial charge in [-0.3, -0.25) is 9.59 Å². The van der Waals surface area contributed by atoms with E-state index in [-0.39, 0.29) is 23.2 Å². The van der Waals surface area contributed by atoms with Crippen LogP contribution in [0.4, 0.5) is 10.1 Å². The van der Waals surface area contributed by atoms with Gasteiger partial charge in [0.1, 0.15) is 0 Å². The van der Waals surface area contributed by atoms with Gasteiger partial charge in [0.25, 0.3) is 5.91 Å². The number of nitrogens with one attached hydrogen (secondary N) is 2. The van der Waals surface area contributed by atoms with Crippen molar-refractivity contribution in [3.05, 3.63) is 64.4 Å². The zero-order chi connectivity index (χ0) is 16.1. The van der Waals surface area contributed by atoms with Crippen LogP contribution in [0.1, 0.15) is 15.9 Å². The van der Waals surface area contributed by atoms with Crippen molar-refractivity contribution in [2.45, 2.75) is 6.92 Å². The number of rotatable bonds is 4. The molecule has 0 radical (unpaired) electrons. The molecule has 0 bridgehead atoms. The van der Waals surface area contributed by atoms with Crippen molar-refractivity contribution in [2.24, 2.45) is 0 Å². The van der Waals surface area contributed by atoms with Crippen LogP contribution in [-0.2, 0) is 4.79 Å². The van der Waals surface area contributed by atoms with Gasteiger partial charge in [0.05, 0.1) is 17.3 Å². The predicted molar refractivity (Wildman–Crippen MR) is 83.6 cm³/mol. The van der Waals surface area contributed by atoms with Crippen molar-refractivity contribution in [2.75, 3.05) is 11.9 Å². The van der Waals surface area contributed by atoms with E-state index in [4.69, 9.17) is 11.6 Å². The summed E-state index contributed by atoms with van der Waals surface area (Å²) in [4.78, 5) is 23.6. The van der Waals surface area contributed by atoms with E-state index in [1.54, 1.807) is 18.2 Å². The topological polar surface area (TPSA) is 58.2 Å². The largest absolute Gasteiger partial charge is 0.343 e. The molecule has 0 aliphatic heterocycles. The molecule has 2 amide bonds. The van der Waals surface area contributed by atoms with Gasteiger partial charge in [0.2, 0.25) is 5.91 Å². The van der Waals surface area contributed by atoms with Gasteiger partial charge >= 0.3 is 0 Å². The monoisotopic (exact) mass is 320 g/mol.